The molecule has 1 aromatic rings. The summed E-state index contributed by atoms with van der Waals surface area (Å²) >= 11 is 2.15. The fourth-order valence-corrected chi connectivity index (χ4v) is 2.36. The normalized spacial score (nSPS) is 16.5. The van der Waals surface area contributed by atoms with Gasteiger partial charge in [-0.3, -0.25) is 4.79 Å². The topological polar surface area (TPSA) is 66.0 Å². The molecular weight excluding hydrogens is 389 g/mol. The molecule has 0 saturated carbocycles. The maximum Gasteiger partial charge on any atom is 0.221 e. The van der Waals surface area contributed by atoms with Crippen molar-refractivity contribution in [3.8, 4) is 11.5 Å². The van der Waals surface area contributed by atoms with Crippen molar-refractivity contribution in [2.24, 2.45) is 0 Å². The molecule has 21 heavy (non-hydrogen) atoms. The van der Waals surface area contributed by atoms with Crippen LogP contribution in [0.1, 0.15) is 6.92 Å². The number of ether oxygens (including phenoxy) is 4. The number of carbonyl (C=O) groups excluding carboxylic acids is 1. The zero-order valence-electron chi connectivity index (χ0n) is 11.8. The lowest BCUT2D eigenvalue weighted by Crippen LogP contribution is -2.16. The molecule has 7 heteroatoms. The smallest absolute Gasteiger partial charge is 0.221 e. The van der Waals surface area contributed by atoms with Crippen LogP contribution in [-0.4, -0.2) is 45.5 Å². The summed E-state index contributed by atoms with van der Waals surface area (Å²) in [7, 11) is 0. The lowest BCUT2D eigenvalue weighted by Gasteiger charge is -2.17. The fourth-order valence-electron chi connectivity index (χ4n) is 1.79. The average Bonchev–Trinajstić information content (AvgIpc) is 2.42. The largest absolute Gasteiger partial charge is 0.487 e. The molecule has 2 rings (SSSR count). The van der Waals surface area contributed by atoms with E-state index < -0.39 is 0 Å². The molecule has 0 spiro atoms. The van der Waals surface area contributed by atoms with Gasteiger partial charge >= 0.3 is 0 Å². The molecule has 1 aliphatic heterocycles. The number of halogens is 1. The van der Waals surface area contributed by atoms with Crippen molar-refractivity contribution >= 4 is 34.2 Å². The first-order valence-electron chi connectivity index (χ1n) is 6.69. The van der Waals surface area contributed by atoms with E-state index >= 15 is 0 Å². The fraction of sp³-hybridized carbons (Fsp3) is 0.500. The van der Waals surface area contributed by atoms with Crippen molar-refractivity contribution < 1.29 is 23.7 Å². The van der Waals surface area contributed by atoms with Gasteiger partial charge in [0.1, 0.15) is 13.2 Å². The summed E-state index contributed by atoms with van der Waals surface area (Å²) in [6, 6.07) is 3.61. The van der Waals surface area contributed by atoms with Crippen molar-refractivity contribution in [3.63, 3.8) is 0 Å². The van der Waals surface area contributed by atoms with Crippen LogP contribution in [0.15, 0.2) is 12.1 Å². The van der Waals surface area contributed by atoms with Crippen molar-refractivity contribution in [3.05, 3.63) is 15.7 Å². The molecule has 0 fully saturated rings. The van der Waals surface area contributed by atoms with Gasteiger partial charge in [0.15, 0.2) is 11.5 Å². The van der Waals surface area contributed by atoms with Gasteiger partial charge in [0.25, 0.3) is 0 Å². The number of hydrogen-bond donors (Lipinski definition) is 1. The zero-order chi connectivity index (χ0) is 15.1. The van der Waals surface area contributed by atoms with Crippen molar-refractivity contribution in [1.29, 1.82) is 0 Å². The Labute approximate surface area is 137 Å². The SMILES string of the molecule is CC(=O)Nc1cc2c(cc1I)OCCOCCOCCO2. The second kappa shape index (κ2) is 8.40. The highest BCUT2D eigenvalue weighted by Gasteiger charge is 2.12. The number of benzene rings is 1. The molecule has 1 aliphatic rings. The second-order valence-corrected chi connectivity index (χ2v) is 5.54. The molecule has 1 heterocycles. The highest BCUT2D eigenvalue weighted by atomic mass is 127. The Kier molecular flexibility index (Phi) is 6.52. The second-order valence-electron chi connectivity index (χ2n) is 4.38. The Bertz CT molecular complexity index is 494. The van der Waals surface area contributed by atoms with E-state index in [-0.39, 0.29) is 5.91 Å². The van der Waals surface area contributed by atoms with Crippen LogP contribution in [0.2, 0.25) is 0 Å². The van der Waals surface area contributed by atoms with Gasteiger partial charge in [0.2, 0.25) is 5.91 Å². The van der Waals surface area contributed by atoms with Crippen molar-refractivity contribution in [2.45, 2.75) is 6.92 Å². The maximum absolute atomic E-state index is 11.2. The van der Waals surface area contributed by atoms with Gasteiger partial charge in [0.05, 0.1) is 32.1 Å². The van der Waals surface area contributed by atoms with Crippen LogP contribution in [0, 0.1) is 3.57 Å². The summed E-state index contributed by atoms with van der Waals surface area (Å²) < 4.78 is 23.0. The predicted octanol–water partition coefficient (Wildman–Crippen LogP) is 2.05. The summed E-state index contributed by atoms with van der Waals surface area (Å²) in [4.78, 5) is 11.2. The van der Waals surface area contributed by atoms with E-state index in [1.807, 2.05) is 6.07 Å². The van der Waals surface area contributed by atoms with Gasteiger partial charge in [0, 0.05) is 16.6 Å². The van der Waals surface area contributed by atoms with Crippen LogP contribution in [0.5, 0.6) is 11.5 Å². The average molecular weight is 407 g/mol. The molecule has 1 amide bonds. The van der Waals surface area contributed by atoms with E-state index in [1.165, 1.54) is 6.92 Å². The number of carbonyl (C=O) groups is 1. The Balaban J connectivity index is 2.18. The molecule has 0 bridgehead atoms. The molecule has 0 aliphatic carbocycles. The Morgan fingerprint density at radius 3 is 2.10 bits per heavy atom. The van der Waals surface area contributed by atoms with Gasteiger partial charge in [-0.05, 0) is 28.7 Å². The Hall–Kier alpha value is -1.06. The molecule has 0 atom stereocenters. The summed E-state index contributed by atoms with van der Waals surface area (Å²) in [5.41, 5.74) is 0.703. The highest BCUT2D eigenvalue weighted by Crippen LogP contribution is 2.34. The number of amides is 1. The first-order chi connectivity index (χ1) is 10.2. The number of anilines is 1. The number of nitrogens with one attached hydrogen (secondary N) is 1. The molecule has 6 nitrogen and oxygen atoms in total. The third kappa shape index (κ3) is 5.33. The van der Waals surface area contributed by atoms with E-state index in [0.717, 1.165) is 3.57 Å². The quantitative estimate of drug-likeness (QED) is 0.723. The summed E-state index contributed by atoms with van der Waals surface area (Å²) in [6.07, 6.45) is 0. The Morgan fingerprint density at radius 2 is 1.52 bits per heavy atom. The van der Waals surface area contributed by atoms with Gasteiger partial charge in [-0.1, -0.05) is 0 Å². The highest BCUT2D eigenvalue weighted by molar-refractivity contribution is 14.1. The molecular formula is C14H18INO5. The van der Waals surface area contributed by atoms with Gasteiger partial charge in [-0.25, -0.2) is 0 Å². The third-order valence-corrected chi connectivity index (χ3v) is 3.58. The van der Waals surface area contributed by atoms with E-state index in [2.05, 4.69) is 27.9 Å². The van der Waals surface area contributed by atoms with Crippen LogP contribution in [0.3, 0.4) is 0 Å². The number of hydrogen-bond acceptors (Lipinski definition) is 5. The minimum Gasteiger partial charge on any atom is -0.487 e. The van der Waals surface area contributed by atoms with Crippen LogP contribution in [-0.2, 0) is 14.3 Å². The van der Waals surface area contributed by atoms with E-state index in [4.69, 9.17) is 18.9 Å². The van der Waals surface area contributed by atoms with Crippen LogP contribution >= 0.6 is 22.6 Å². The van der Waals surface area contributed by atoms with Gasteiger partial charge in [-0.2, -0.15) is 0 Å². The molecule has 1 N–H and O–H groups in total. The molecule has 1 aromatic carbocycles. The summed E-state index contributed by atoms with van der Waals surface area (Å²) in [5.74, 6) is 1.10. The molecule has 0 radical (unpaired) electrons. The molecule has 0 unspecified atom stereocenters. The van der Waals surface area contributed by atoms with E-state index in [0.29, 0.717) is 56.8 Å². The first kappa shape index (κ1) is 16.3. The first-order valence-corrected chi connectivity index (χ1v) is 7.77. The standard InChI is InChI=1S/C14H18INO5/c1-10(17)16-12-9-14-13(8-11(12)15)20-6-4-18-2-3-19-5-7-21-14/h8-9H,2-7H2,1H3,(H,16,17). The summed E-state index contributed by atoms with van der Waals surface area (Å²) in [6.45, 7) is 4.38. The number of fused-ring (bicyclic) bond motifs is 1. The number of rotatable bonds is 1. The Morgan fingerprint density at radius 1 is 1.00 bits per heavy atom. The van der Waals surface area contributed by atoms with Gasteiger partial charge in [-0.15, -0.1) is 0 Å². The monoisotopic (exact) mass is 407 g/mol. The van der Waals surface area contributed by atoms with Crippen LogP contribution in [0.25, 0.3) is 0 Å². The predicted molar refractivity (Wildman–Crippen MR) is 86.1 cm³/mol. The van der Waals surface area contributed by atoms with Crippen molar-refractivity contribution in [1.82, 2.24) is 0 Å². The minimum atomic E-state index is -0.126. The third-order valence-electron chi connectivity index (χ3n) is 2.69. The van der Waals surface area contributed by atoms with Crippen molar-refractivity contribution in [2.75, 3.05) is 45.0 Å². The molecule has 0 saturated heterocycles. The van der Waals surface area contributed by atoms with E-state index in [1.54, 1.807) is 6.07 Å². The van der Waals surface area contributed by atoms with Crippen LogP contribution in [0.4, 0.5) is 5.69 Å². The summed E-state index contributed by atoms with van der Waals surface area (Å²) in [5, 5.41) is 2.77. The van der Waals surface area contributed by atoms with Crippen LogP contribution < -0.4 is 14.8 Å². The van der Waals surface area contributed by atoms with Gasteiger partial charge < -0.3 is 24.3 Å². The van der Waals surface area contributed by atoms with E-state index in [9.17, 15) is 4.79 Å². The lowest BCUT2D eigenvalue weighted by molar-refractivity contribution is -0.114. The minimum absolute atomic E-state index is 0.126. The maximum atomic E-state index is 11.2. The molecule has 116 valence electrons. The molecule has 0 aromatic heterocycles. The zero-order valence-corrected chi connectivity index (χ0v) is 14.0. The lowest BCUT2D eigenvalue weighted by atomic mass is 10.2.